The first kappa shape index (κ1) is 12.4. The molecule has 1 aromatic heterocycles. The highest BCUT2D eigenvalue weighted by atomic mass is 19.1. The van der Waals surface area contributed by atoms with Gasteiger partial charge in [-0.05, 0) is 41.8 Å². The lowest BCUT2D eigenvalue weighted by molar-refractivity contribution is 0.0697. The van der Waals surface area contributed by atoms with Crippen molar-refractivity contribution >= 4 is 16.9 Å². The Bertz CT molecular complexity index is 792. The van der Waals surface area contributed by atoms with Crippen LogP contribution < -0.4 is 0 Å². The van der Waals surface area contributed by atoms with Crippen molar-refractivity contribution < 1.29 is 14.3 Å². The molecular formula is C16H12FNO2. The molecule has 0 aliphatic carbocycles. The van der Waals surface area contributed by atoms with Gasteiger partial charge in [-0.3, -0.25) is 0 Å². The van der Waals surface area contributed by atoms with E-state index in [9.17, 15) is 9.18 Å². The molecule has 0 saturated heterocycles. The van der Waals surface area contributed by atoms with Crippen LogP contribution in [0.15, 0.2) is 48.7 Å². The summed E-state index contributed by atoms with van der Waals surface area (Å²) < 4.78 is 13.2. The molecule has 3 rings (SSSR count). The van der Waals surface area contributed by atoms with Crippen LogP contribution in [0.3, 0.4) is 0 Å². The van der Waals surface area contributed by atoms with Crippen molar-refractivity contribution in [3.05, 3.63) is 71.2 Å². The normalized spacial score (nSPS) is 10.8. The maximum atomic E-state index is 13.2. The van der Waals surface area contributed by atoms with Gasteiger partial charge in [0.05, 0.1) is 5.56 Å². The lowest BCUT2D eigenvalue weighted by Crippen LogP contribution is -1.95. The maximum absolute atomic E-state index is 13.2. The van der Waals surface area contributed by atoms with E-state index in [0.717, 1.165) is 22.0 Å². The molecule has 3 aromatic rings. The SMILES string of the molecule is O=C(O)c1ccc2c(Cc3cccc(F)c3)c[nH]c2c1. The van der Waals surface area contributed by atoms with Gasteiger partial charge in [0.1, 0.15) is 5.82 Å². The number of carboxylic acids is 1. The van der Waals surface area contributed by atoms with Gasteiger partial charge in [0.25, 0.3) is 0 Å². The Hall–Kier alpha value is -2.62. The first-order valence-corrected chi connectivity index (χ1v) is 6.21. The molecule has 0 aliphatic rings. The van der Waals surface area contributed by atoms with Gasteiger partial charge in [-0.2, -0.15) is 0 Å². The van der Waals surface area contributed by atoms with E-state index in [1.807, 2.05) is 12.3 Å². The van der Waals surface area contributed by atoms with Crippen LogP contribution in [-0.2, 0) is 6.42 Å². The van der Waals surface area contributed by atoms with Crippen molar-refractivity contribution in [1.82, 2.24) is 4.98 Å². The molecule has 100 valence electrons. The molecule has 0 aliphatic heterocycles. The predicted octanol–water partition coefficient (Wildman–Crippen LogP) is 3.60. The van der Waals surface area contributed by atoms with Crippen LogP contribution in [0.5, 0.6) is 0 Å². The smallest absolute Gasteiger partial charge is 0.335 e. The summed E-state index contributed by atoms with van der Waals surface area (Å²) in [4.78, 5) is 14.0. The highest BCUT2D eigenvalue weighted by molar-refractivity contribution is 5.94. The van der Waals surface area contributed by atoms with Crippen molar-refractivity contribution in [3.8, 4) is 0 Å². The third kappa shape index (κ3) is 2.28. The molecule has 3 nitrogen and oxygen atoms in total. The minimum Gasteiger partial charge on any atom is -0.478 e. The van der Waals surface area contributed by atoms with Crippen LogP contribution in [-0.4, -0.2) is 16.1 Å². The van der Waals surface area contributed by atoms with E-state index >= 15 is 0 Å². The summed E-state index contributed by atoms with van der Waals surface area (Å²) >= 11 is 0. The number of carboxylic acid groups (broad SMARTS) is 1. The molecule has 1 heterocycles. The zero-order valence-electron chi connectivity index (χ0n) is 10.6. The molecular weight excluding hydrogens is 257 g/mol. The molecule has 0 spiro atoms. The zero-order valence-corrected chi connectivity index (χ0v) is 10.6. The van der Waals surface area contributed by atoms with E-state index in [2.05, 4.69) is 4.98 Å². The number of hydrogen-bond acceptors (Lipinski definition) is 1. The van der Waals surface area contributed by atoms with Gasteiger partial charge in [0.2, 0.25) is 0 Å². The number of H-pyrrole nitrogens is 1. The van der Waals surface area contributed by atoms with Crippen molar-refractivity contribution in [2.75, 3.05) is 0 Å². The third-order valence-corrected chi connectivity index (χ3v) is 3.30. The average Bonchev–Trinajstić information content (AvgIpc) is 2.81. The van der Waals surface area contributed by atoms with E-state index in [-0.39, 0.29) is 11.4 Å². The minimum atomic E-state index is -0.951. The number of carbonyl (C=O) groups is 1. The molecule has 4 heteroatoms. The number of nitrogens with one attached hydrogen (secondary N) is 1. The number of aromatic amines is 1. The van der Waals surface area contributed by atoms with Gasteiger partial charge in [0.15, 0.2) is 0 Å². The van der Waals surface area contributed by atoms with Crippen LogP contribution in [0.2, 0.25) is 0 Å². The summed E-state index contributed by atoms with van der Waals surface area (Å²) in [6, 6.07) is 11.4. The fourth-order valence-electron chi connectivity index (χ4n) is 2.33. The summed E-state index contributed by atoms with van der Waals surface area (Å²) in [5, 5.41) is 9.92. The van der Waals surface area contributed by atoms with E-state index in [0.29, 0.717) is 6.42 Å². The second-order valence-electron chi connectivity index (χ2n) is 4.69. The molecule has 0 unspecified atom stereocenters. The Morgan fingerprint density at radius 3 is 2.80 bits per heavy atom. The lowest BCUT2D eigenvalue weighted by Gasteiger charge is -2.01. The van der Waals surface area contributed by atoms with Crippen molar-refractivity contribution in [1.29, 1.82) is 0 Å². The van der Waals surface area contributed by atoms with Crippen molar-refractivity contribution in [3.63, 3.8) is 0 Å². The number of aromatic nitrogens is 1. The molecule has 0 fully saturated rings. The fraction of sp³-hybridized carbons (Fsp3) is 0.0625. The van der Waals surface area contributed by atoms with E-state index in [4.69, 9.17) is 5.11 Å². The van der Waals surface area contributed by atoms with Crippen LogP contribution in [0.1, 0.15) is 21.5 Å². The molecule has 0 bridgehead atoms. The summed E-state index contributed by atoms with van der Waals surface area (Å²) in [6.45, 7) is 0. The second-order valence-corrected chi connectivity index (χ2v) is 4.69. The van der Waals surface area contributed by atoms with Crippen molar-refractivity contribution in [2.24, 2.45) is 0 Å². The molecule has 2 aromatic carbocycles. The predicted molar refractivity (Wildman–Crippen MR) is 74.5 cm³/mol. The number of hydrogen-bond donors (Lipinski definition) is 2. The third-order valence-electron chi connectivity index (χ3n) is 3.30. The minimum absolute atomic E-state index is 0.247. The highest BCUT2D eigenvalue weighted by Crippen LogP contribution is 2.22. The van der Waals surface area contributed by atoms with Gasteiger partial charge >= 0.3 is 5.97 Å². The van der Waals surface area contributed by atoms with E-state index < -0.39 is 5.97 Å². The first-order valence-electron chi connectivity index (χ1n) is 6.21. The van der Waals surface area contributed by atoms with Crippen LogP contribution in [0, 0.1) is 5.82 Å². The molecule has 0 saturated carbocycles. The molecule has 2 N–H and O–H groups in total. The Morgan fingerprint density at radius 1 is 1.20 bits per heavy atom. The fourth-order valence-corrected chi connectivity index (χ4v) is 2.33. The topological polar surface area (TPSA) is 53.1 Å². The monoisotopic (exact) mass is 269 g/mol. The summed E-state index contributed by atoms with van der Waals surface area (Å²) in [7, 11) is 0. The van der Waals surface area contributed by atoms with Gasteiger partial charge in [0, 0.05) is 17.1 Å². The van der Waals surface area contributed by atoms with Gasteiger partial charge in [-0.1, -0.05) is 18.2 Å². The standard InChI is InChI=1S/C16H12FNO2/c17-13-3-1-2-10(7-13)6-12-9-18-15-8-11(16(19)20)4-5-14(12)15/h1-5,7-9,18H,6H2,(H,19,20). The van der Waals surface area contributed by atoms with E-state index in [1.54, 1.807) is 24.3 Å². The first-order chi connectivity index (χ1) is 9.63. The van der Waals surface area contributed by atoms with Crippen LogP contribution >= 0.6 is 0 Å². The number of fused-ring (bicyclic) bond motifs is 1. The Labute approximate surface area is 114 Å². The maximum Gasteiger partial charge on any atom is 0.335 e. The number of rotatable bonds is 3. The van der Waals surface area contributed by atoms with Gasteiger partial charge < -0.3 is 10.1 Å². The van der Waals surface area contributed by atoms with Crippen LogP contribution in [0.25, 0.3) is 10.9 Å². The lowest BCUT2D eigenvalue weighted by atomic mass is 10.0. The summed E-state index contributed by atoms with van der Waals surface area (Å²) in [5.74, 6) is -1.20. The average molecular weight is 269 g/mol. The number of halogens is 1. The Balaban J connectivity index is 1.98. The molecule has 20 heavy (non-hydrogen) atoms. The van der Waals surface area contributed by atoms with Crippen LogP contribution in [0.4, 0.5) is 4.39 Å². The number of benzene rings is 2. The Kier molecular flexibility index (Phi) is 2.99. The molecule has 0 radical (unpaired) electrons. The summed E-state index contributed by atoms with van der Waals surface area (Å²) in [6.07, 6.45) is 2.44. The largest absolute Gasteiger partial charge is 0.478 e. The van der Waals surface area contributed by atoms with E-state index in [1.165, 1.54) is 12.1 Å². The summed E-state index contributed by atoms with van der Waals surface area (Å²) in [5.41, 5.74) is 2.92. The van der Waals surface area contributed by atoms with Gasteiger partial charge in [-0.15, -0.1) is 0 Å². The second kappa shape index (κ2) is 4.81. The quantitative estimate of drug-likeness (QED) is 0.763. The zero-order chi connectivity index (χ0) is 14.1. The molecule has 0 amide bonds. The molecule has 0 atom stereocenters. The Morgan fingerprint density at radius 2 is 2.05 bits per heavy atom. The van der Waals surface area contributed by atoms with Gasteiger partial charge in [-0.25, -0.2) is 9.18 Å². The van der Waals surface area contributed by atoms with Crippen molar-refractivity contribution in [2.45, 2.75) is 6.42 Å². The number of aromatic carboxylic acids is 1. The highest BCUT2D eigenvalue weighted by Gasteiger charge is 2.08.